The minimum atomic E-state index is 0.835. The molecule has 2 heteroatoms. The smallest absolute Gasteiger partial charge is 0.00683 e. The molecule has 16 heavy (non-hydrogen) atoms. The fraction of sp³-hybridized carbons (Fsp3) is 1.00. The summed E-state index contributed by atoms with van der Waals surface area (Å²) < 4.78 is 0. The summed E-state index contributed by atoms with van der Waals surface area (Å²) in [6.45, 7) is 7.27. The van der Waals surface area contributed by atoms with Gasteiger partial charge in [-0.05, 0) is 63.5 Å². The Labute approximate surface area is 101 Å². The minimum Gasteiger partial charge on any atom is -0.314 e. The van der Waals surface area contributed by atoms with E-state index in [1.165, 1.54) is 51.6 Å². The predicted octanol–water partition coefficient (Wildman–Crippen LogP) is 2.54. The van der Waals surface area contributed by atoms with E-state index < -0.39 is 0 Å². The van der Waals surface area contributed by atoms with Crippen LogP contribution in [0.3, 0.4) is 0 Å². The Kier molecular flexibility index (Phi) is 4.66. The normalized spacial score (nSPS) is 24.4. The van der Waals surface area contributed by atoms with Crippen LogP contribution in [0.25, 0.3) is 0 Å². The van der Waals surface area contributed by atoms with Crippen LogP contribution in [0.4, 0.5) is 0 Å². The Morgan fingerprint density at radius 1 is 0.938 bits per heavy atom. The summed E-state index contributed by atoms with van der Waals surface area (Å²) in [6, 6.07) is 1.75. The summed E-state index contributed by atoms with van der Waals surface area (Å²) in [7, 11) is 0. The Hall–Kier alpha value is -0.0800. The second-order valence-corrected chi connectivity index (χ2v) is 6.01. The van der Waals surface area contributed by atoms with Crippen molar-refractivity contribution >= 4 is 0 Å². The van der Waals surface area contributed by atoms with Gasteiger partial charge in [0.05, 0.1) is 0 Å². The van der Waals surface area contributed by atoms with Gasteiger partial charge in [-0.15, -0.1) is 0 Å². The van der Waals surface area contributed by atoms with E-state index in [4.69, 9.17) is 0 Å². The monoisotopic (exact) mass is 224 g/mol. The highest BCUT2D eigenvalue weighted by molar-refractivity contribution is 4.82. The molecule has 2 fully saturated rings. The lowest BCUT2D eigenvalue weighted by Crippen LogP contribution is -2.27. The molecule has 2 aliphatic rings. The molecule has 0 heterocycles. The third-order valence-corrected chi connectivity index (χ3v) is 4.12. The average molecular weight is 224 g/mol. The van der Waals surface area contributed by atoms with Gasteiger partial charge < -0.3 is 10.6 Å². The second-order valence-electron chi connectivity index (χ2n) is 6.01. The molecule has 2 unspecified atom stereocenters. The maximum absolute atomic E-state index is 3.64. The summed E-state index contributed by atoms with van der Waals surface area (Å²) in [6.07, 6.45) is 8.38. The van der Waals surface area contributed by atoms with Crippen molar-refractivity contribution in [1.82, 2.24) is 10.6 Å². The van der Waals surface area contributed by atoms with Crippen molar-refractivity contribution < 1.29 is 0 Å². The third-order valence-electron chi connectivity index (χ3n) is 4.12. The Morgan fingerprint density at radius 2 is 1.56 bits per heavy atom. The highest BCUT2D eigenvalue weighted by Crippen LogP contribution is 2.22. The van der Waals surface area contributed by atoms with E-state index in [-0.39, 0.29) is 0 Å². The Balaban J connectivity index is 1.45. The minimum absolute atomic E-state index is 0.835. The molecule has 0 radical (unpaired) electrons. The fourth-order valence-electron chi connectivity index (χ4n) is 2.14. The largest absolute Gasteiger partial charge is 0.314 e. The van der Waals surface area contributed by atoms with Crippen molar-refractivity contribution in [3.63, 3.8) is 0 Å². The van der Waals surface area contributed by atoms with Gasteiger partial charge in [0.15, 0.2) is 0 Å². The zero-order valence-electron chi connectivity index (χ0n) is 11.0. The number of rotatable bonds is 9. The number of hydrogen-bond donors (Lipinski definition) is 2. The van der Waals surface area contributed by atoms with Crippen molar-refractivity contribution in [3.05, 3.63) is 0 Å². The van der Waals surface area contributed by atoms with E-state index in [0.29, 0.717) is 0 Å². The zero-order valence-corrected chi connectivity index (χ0v) is 11.0. The van der Waals surface area contributed by atoms with Crippen LogP contribution >= 0.6 is 0 Å². The van der Waals surface area contributed by atoms with E-state index in [2.05, 4.69) is 24.5 Å². The van der Waals surface area contributed by atoms with Gasteiger partial charge in [-0.1, -0.05) is 13.8 Å². The standard InChI is InChI=1S/C14H28N2/c1-11(4-3-9-15-13-5-6-13)12(2)10-16-14-7-8-14/h11-16H,3-10H2,1-2H3. The quantitative estimate of drug-likeness (QED) is 0.588. The molecule has 0 amide bonds. The lowest BCUT2D eigenvalue weighted by Gasteiger charge is -2.20. The SMILES string of the molecule is CC(CCCNC1CC1)C(C)CNC1CC1. The summed E-state index contributed by atoms with van der Waals surface area (Å²) in [5.74, 6) is 1.70. The molecule has 0 saturated heterocycles. The molecule has 0 aromatic heterocycles. The summed E-state index contributed by atoms with van der Waals surface area (Å²) in [4.78, 5) is 0. The van der Waals surface area contributed by atoms with Crippen LogP contribution < -0.4 is 10.6 Å². The first kappa shape index (κ1) is 12.4. The molecule has 94 valence electrons. The van der Waals surface area contributed by atoms with Crippen LogP contribution in [0.1, 0.15) is 52.4 Å². The summed E-state index contributed by atoms with van der Waals surface area (Å²) in [5, 5.41) is 7.24. The molecule has 2 atom stereocenters. The van der Waals surface area contributed by atoms with Gasteiger partial charge >= 0.3 is 0 Å². The molecular weight excluding hydrogens is 196 g/mol. The van der Waals surface area contributed by atoms with E-state index >= 15 is 0 Å². The molecule has 2 N–H and O–H groups in total. The molecular formula is C14H28N2. The molecule has 2 nitrogen and oxygen atoms in total. The first-order valence-corrected chi connectivity index (χ1v) is 7.22. The number of hydrogen-bond acceptors (Lipinski definition) is 2. The van der Waals surface area contributed by atoms with Crippen LogP contribution in [0.5, 0.6) is 0 Å². The van der Waals surface area contributed by atoms with E-state index in [0.717, 1.165) is 23.9 Å². The van der Waals surface area contributed by atoms with Crippen LogP contribution in [0.2, 0.25) is 0 Å². The van der Waals surface area contributed by atoms with Gasteiger partial charge in [0.1, 0.15) is 0 Å². The van der Waals surface area contributed by atoms with Crippen molar-refractivity contribution in [2.75, 3.05) is 13.1 Å². The van der Waals surface area contributed by atoms with E-state index in [1.807, 2.05) is 0 Å². The van der Waals surface area contributed by atoms with Gasteiger partial charge in [-0.25, -0.2) is 0 Å². The molecule has 0 aromatic carbocycles. The van der Waals surface area contributed by atoms with Crippen LogP contribution in [-0.4, -0.2) is 25.2 Å². The topological polar surface area (TPSA) is 24.1 Å². The van der Waals surface area contributed by atoms with Crippen LogP contribution in [0, 0.1) is 11.8 Å². The van der Waals surface area contributed by atoms with Crippen LogP contribution in [-0.2, 0) is 0 Å². The van der Waals surface area contributed by atoms with Gasteiger partial charge in [-0.3, -0.25) is 0 Å². The third kappa shape index (κ3) is 4.84. The maximum atomic E-state index is 3.64. The predicted molar refractivity (Wildman–Crippen MR) is 69.6 cm³/mol. The first-order valence-electron chi connectivity index (χ1n) is 7.22. The molecule has 0 aliphatic heterocycles. The maximum Gasteiger partial charge on any atom is 0.00683 e. The molecule has 0 aromatic rings. The zero-order chi connectivity index (χ0) is 11.4. The van der Waals surface area contributed by atoms with Gasteiger partial charge in [0.2, 0.25) is 0 Å². The molecule has 2 rings (SSSR count). The molecule has 2 saturated carbocycles. The molecule has 0 spiro atoms. The van der Waals surface area contributed by atoms with Crippen molar-refractivity contribution in [2.45, 2.75) is 64.5 Å². The number of nitrogens with one attached hydrogen (secondary N) is 2. The summed E-state index contributed by atoms with van der Waals surface area (Å²) >= 11 is 0. The second kappa shape index (κ2) is 6.02. The molecule has 2 aliphatic carbocycles. The first-order chi connectivity index (χ1) is 7.75. The highest BCUT2D eigenvalue weighted by Gasteiger charge is 2.22. The lowest BCUT2D eigenvalue weighted by molar-refractivity contribution is 0.337. The van der Waals surface area contributed by atoms with Gasteiger partial charge in [-0.2, -0.15) is 0 Å². The van der Waals surface area contributed by atoms with E-state index in [9.17, 15) is 0 Å². The van der Waals surface area contributed by atoms with Crippen molar-refractivity contribution in [1.29, 1.82) is 0 Å². The summed E-state index contributed by atoms with van der Waals surface area (Å²) in [5.41, 5.74) is 0. The molecule has 0 bridgehead atoms. The van der Waals surface area contributed by atoms with Gasteiger partial charge in [0.25, 0.3) is 0 Å². The lowest BCUT2D eigenvalue weighted by atomic mass is 9.91. The Bertz CT molecular complexity index is 197. The van der Waals surface area contributed by atoms with E-state index in [1.54, 1.807) is 0 Å². The Morgan fingerprint density at radius 3 is 2.19 bits per heavy atom. The van der Waals surface area contributed by atoms with Crippen molar-refractivity contribution in [3.8, 4) is 0 Å². The average Bonchev–Trinajstić information content (AvgIpc) is 3.14. The van der Waals surface area contributed by atoms with Crippen molar-refractivity contribution in [2.24, 2.45) is 11.8 Å². The fourth-order valence-corrected chi connectivity index (χ4v) is 2.14. The highest BCUT2D eigenvalue weighted by atomic mass is 14.9. The van der Waals surface area contributed by atoms with Gasteiger partial charge in [0, 0.05) is 12.1 Å². The van der Waals surface area contributed by atoms with Crippen LogP contribution in [0.15, 0.2) is 0 Å².